The normalized spacial score (nSPS) is 13.6. The van der Waals surface area contributed by atoms with Crippen molar-refractivity contribution in [3.8, 4) is 16.9 Å². The lowest BCUT2D eigenvalue weighted by molar-refractivity contribution is -0.139. The molecule has 1 aliphatic carbocycles. The lowest BCUT2D eigenvalue weighted by atomic mass is 9.98. The molecular weight excluding hydrogens is 528 g/mol. The number of likely N-dealkylation sites (N-methyl/N-ethyl adjacent to an activating group) is 1. The van der Waals surface area contributed by atoms with E-state index in [4.69, 9.17) is 9.47 Å². The molecular formula is C27H25BrN2O6. The summed E-state index contributed by atoms with van der Waals surface area (Å²) in [6, 6.07) is 19.1. The highest BCUT2D eigenvalue weighted by Crippen LogP contribution is 2.44. The van der Waals surface area contributed by atoms with Crippen LogP contribution in [0, 0.1) is 0 Å². The van der Waals surface area contributed by atoms with Gasteiger partial charge in [-0.25, -0.2) is 9.59 Å². The molecule has 0 saturated heterocycles. The number of hydrogen-bond donors (Lipinski definition) is 3. The molecule has 8 nitrogen and oxygen atoms in total. The fraction of sp³-hybridized carbons (Fsp3) is 0.222. The van der Waals surface area contributed by atoms with Gasteiger partial charge in [-0.3, -0.25) is 4.79 Å². The number of carboxylic acid groups (broad SMARTS) is 1. The second-order valence-electron chi connectivity index (χ2n) is 8.30. The molecule has 0 bridgehead atoms. The molecule has 2 atom stereocenters. The van der Waals surface area contributed by atoms with Crippen LogP contribution in [0.25, 0.3) is 11.1 Å². The Morgan fingerprint density at radius 2 is 1.61 bits per heavy atom. The summed E-state index contributed by atoms with van der Waals surface area (Å²) in [6.45, 7) is 1.58. The lowest BCUT2D eigenvalue weighted by Crippen LogP contribution is -2.36. The van der Waals surface area contributed by atoms with Crippen LogP contribution in [0.15, 0.2) is 71.2 Å². The number of amides is 2. The maximum atomic E-state index is 12.8. The third kappa shape index (κ3) is 5.21. The van der Waals surface area contributed by atoms with Crippen molar-refractivity contribution in [2.24, 2.45) is 0 Å². The molecule has 0 spiro atoms. The maximum absolute atomic E-state index is 12.8. The standard InChI is InChI=1S/C27H25BrN2O6/c1-15(25(31)29-2)36-23-12-11-16(28)13-21(23)24(26(32)33)30-27(34)35-14-22-19-9-5-3-7-17(19)18-8-4-6-10-20(18)22/h3-13,15,22,24H,14H2,1-2H3,(H,29,31)(H,30,34)(H,32,33). The van der Waals surface area contributed by atoms with E-state index < -0.39 is 24.2 Å². The van der Waals surface area contributed by atoms with Gasteiger partial charge in [0, 0.05) is 23.0 Å². The van der Waals surface area contributed by atoms with Crippen LogP contribution in [0.2, 0.25) is 0 Å². The predicted molar refractivity (Wildman–Crippen MR) is 137 cm³/mol. The molecule has 0 fully saturated rings. The van der Waals surface area contributed by atoms with Gasteiger partial charge in [-0.05, 0) is 47.4 Å². The molecule has 0 radical (unpaired) electrons. The molecule has 186 valence electrons. The first kappa shape index (κ1) is 25.2. The summed E-state index contributed by atoms with van der Waals surface area (Å²) in [4.78, 5) is 36.8. The molecule has 3 N–H and O–H groups in total. The van der Waals surface area contributed by atoms with Crippen LogP contribution in [0.5, 0.6) is 5.75 Å². The number of carbonyl (C=O) groups excluding carboxylic acids is 2. The first-order chi connectivity index (χ1) is 17.3. The van der Waals surface area contributed by atoms with Gasteiger partial charge in [-0.1, -0.05) is 64.5 Å². The van der Waals surface area contributed by atoms with Crippen LogP contribution in [0.3, 0.4) is 0 Å². The van der Waals surface area contributed by atoms with Gasteiger partial charge in [0.15, 0.2) is 12.1 Å². The van der Waals surface area contributed by atoms with Crippen molar-refractivity contribution in [3.05, 3.63) is 87.9 Å². The van der Waals surface area contributed by atoms with Gasteiger partial charge in [0.25, 0.3) is 5.91 Å². The molecule has 9 heteroatoms. The van der Waals surface area contributed by atoms with E-state index in [-0.39, 0.29) is 29.7 Å². The Bertz CT molecular complexity index is 1270. The number of rotatable bonds is 8. The maximum Gasteiger partial charge on any atom is 0.408 e. The van der Waals surface area contributed by atoms with E-state index in [1.807, 2.05) is 48.5 Å². The van der Waals surface area contributed by atoms with Crippen molar-refractivity contribution in [1.82, 2.24) is 10.6 Å². The fourth-order valence-corrected chi connectivity index (χ4v) is 4.71. The van der Waals surface area contributed by atoms with Crippen LogP contribution in [-0.2, 0) is 14.3 Å². The predicted octanol–water partition coefficient (Wildman–Crippen LogP) is 4.63. The molecule has 3 aromatic carbocycles. The molecule has 2 unspecified atom stereocenters. The highest BCUT2D eigenvalue weighted by atomic mass is 79.9. The molecule has 36 heavy (non-hydrogen) atoms. The minimum absolute atomic E-state index is 0.0434. The van der Waals surface area contributed by atoms with E-state index in [0.29, 0.717) is 4.47 Å². The molecule has 0 aromatic heterocycles. The number of fused-ring (bicyclic) bond motifs is 3. The second kappa shape index (κ2) is 10.8. The van der Waals surface area contributed by atoms with Gasteiger partial charge in [-0.2, -0.15) is 0 Å². The number of hydrogen-bond acceptors (Lipinski definition) is 5. The summed E-state index contributed by atoms with van der Waals surface area (Å²) in [5.41, 5.74) is 4.44. The largest absolute Gasteiger partial charge is 0.481 e. The number of nitrogens with one attached hydrogen (secondary N) is 2. The lowest BCUT2D eigenvalue weighted by Gasteiger charge is -2.21. The number of halogens is 1. The van der Waals surface area contributed by atoms with E-state index >= 15 is 0 Å². The number of alkyl carbamates (subject to hydrolysis) is 1. The summed E-state index contributed by atoms with van der Waals surface area (Å²) in [6.07, 6.45) is -1.76. The Morgan fingerprint density at radius 1 is 1.00 bits per heavy atom. The third-order valence-corrected chi connectivity index (χ3v) is 6.55. The zero-order chi connectivity index (χ0) is 25.8. The van der Waals surface area contributed by atoms with Gasteiger partial charge in [0.05, 0.1) is 0 Å². The van der Waals surface area contributed by atoms with Gasteiger partial charge in [0.2, 0.25) is 0 Å². The van der Waals surface area contributed by atoms with E-state index in [2.05, 4.69) is 26.6 Å². The Morgan fingerprint density at radius 3 is 2.19 bits per heavy atom. The first-order valence-electron chi connectivity index (χ1n) is 11.3. The van der Waals surface area contributed by atoms with Gasteiger partial charge < -0.3 is 25.2 Å². The van der Waals surface area contributed by atoms with E-state index in [0.717, 1.165) is 22.3 Å². The summed E-state index contributed by atoms with van der Waals surface area (Å²) in [5.74, 6) is -1.69. The summed E-state index contributed by atoms with van der Waals surface area (Å²) in [7, 11) is 1.48. The first-order valence-corrected chi connectivity index (χ1v) is 12.1. The molecule has 1 aliphatic rings. The molecule has 0 saturated carbocycles. The monoisotopic (exact) mass is 552 g/mol. The SMILES string of the molecule is CNC(=O)C(C)Oc1ccc(Br)cc1C(NC(=O)OCC1c2ccccc2-c2ccccc21)C(=O)O. The van der Waals surface area contributed by atoms with Crippen LogP contribution in [-0.4, -0.2) is 42.8 Å². The summed E-state index contributed by atoms with van der Waals surface area (Å²) in [5, 5.41) is 14.8. The van der Waals surface area contributed by atoms with Crippen LogP contribution >= 0.6 is 15.9 Å². The van der Waals surface area contributed by atoms with Crippen molar-refractivity contribution in [2.75, 3.05) is 13.7 Å². The summed E-state index contributed by atoms with van der Waals surface area (Å²) >= 11 is 3.32. The number of carboxylic acids is 1. The van der Waals surface area contributed by atoms with E-state index in [1.165, 1.54) is 19.2 Å². The number of aliphatic carboxylic acids is 1. The Hall–Kier alpha value is -3.85. The third-order valence-electron chi connectivity index (χ3n) is 6.06. The van der Waals surface area contributed by atoms with Gasteiger partial charge in [-0.15, -0.1) is 0 Å². The minimum Gasteiger partial charge on any atom is -0.481 e. The smallest absolute Gasteiger partial charge is 0.408 e. The van der Waals surface area contributed by atoms with Crippen molar-refractivity contribution < 1.29 is 29.0 Å². The zero-order valence-corrected chi connectivity index (χ0v) is 21.2. The summed E-state index contributed by atoms with van der Waals surface area (Å²) < 4.78 is 11.8. The molecule has 3 aromatic rings. The molecule has 4 rings (SSSR count). The zero-order valence-electron chi connectivity index (χ0n) is 19.7. The van der Waals surface area contributed by atoms with E-state index in [9.17, 15) is 19.5 Å². The second-order valence-corrected chi connectivity index (χ2v) is 9.21. The van der Waals surface area contributed by atoms with Crippen LogP contribution in [0.4, 0.5) is 4.79 Å². The topological polar surface area (TPSA) is 114 Å². The molecule has 2 amide bonds. The van der Waals surface area contributed by atoms with Crippen molar-refractivity contribution in [1.29, 1.82) is 0 Å². The molecule has 0 heterocycles. The van der Waals surface area contributed by atoms with E-state index in [1.54, 1.807) is 13.0 Å². The Balaban J connectivity index is 1.52. The average Bonchev–Trinajstić information content (AvgIpc) is 3.20. The molecule has 0 aliphatic heterocycles. The minimum atomic E-state index is -1.47. The highest BCUT2D eigenvalue weighted by molar-refractivity contribution is 9.10. The average molecular weight is 553 g/mol. The Labute approximate surface area is 216 Å². The van der Waals surface area contributed by atoms with Gasteiger partial charge >= 0.3 is 12.1 Å². The number of carbonyl (C=O) groups is 3. The quantitative estimate of drug-likeness (QED) is 0.375. The number of benzene rings is 3. The highest BCUT2D eigenvalue weighted by Gasteiger charge is 2.31. The van der Waals surface area contributed by atoms with Gasteiger partial charge in [0.1, 0.15) is 12.4 Å². The van der Waals surface area contributed by atoms with Crippen molar-refractivity contribution in [3.63, 3.8) is 0 Å². The number of ether oxygens (including phenoxy) is 2. The van der Waals surface area contributed by atoms with Crippen LogP contribution in [0.1, 0.15) is 35.6 Å². The fourth-order valence-electron chi connectivity index (χ4n) is 4.33. The van der Waals surface area contributed by atoms with Crippen molar-refractivity contribution >= 4 is 33.9 Å². The Kier molecular flexibility index (Phi) is 7.59. The van der Waals surface area contributed by atoms with Crippen molar-refractivity contribution in [2.45, 2.75) is 25.0 Å². The van der Waals surface area contributed by atoms with Crippen LogP contribution < -0.4 is 15.4 Å².